The van der Waals surface area contributed by atoms with E-state index in [1.165, 1.54) is 36.8 Å². The van der Waals surface area contributed by atoms with Gasteiger partial charge in [0.05, 0.1) is 6.04 Å². The molecule has 1 atom stereocenters. The molecule has 1 unspecified atom stereocenters. The number of aryl methyl sites for hydroxylation is 2. The summed E-state index contributed by atoms with van der Waals surface area (Å²) >= 11 is 3.47. The second-order valence-electron chi connectivity index (χ2n) is 8.28. The Morgan fingerprint density at radius 3 is 2.47 bits per heavy atom. The number of hydrogen-bond acceptors (Lipinski definition) is 3. The molecule has 0 radical (unpaired) electrons. The molecule has 1 aliphatic heterocycles. The monoisotopic (exact) mass is 468 g/mol. The number of likely N-dealkylation sites (tertiary alicyclic amines) is 1. The second kappa shape index (κ2) is 9.36. The smallest absolute Gasteiger partial charge is 0.287 e. The third-order valence-electron chi connectivity index (χ3n) is 6.11. The first-order valence-electron chi connectivity index (χ1n) is 10.8. The number of nitrogens with one attached hydrogen (secondary N) is 1. The standard InChI is InChI=1S/C25H29BrN2O2/c1-17-7-9-19(10-8-17)22(28-13-5-3-4-6-14-28)16-27-25(29)24-18(2)21-12-11-20(26)15-23(21)30-24/h7-12,15,22H,3-6,13-14,16H2,1-2H3,(H,27,29). The van der Waals surface area contributed by atoms with Crippen LogP contribution in [0.3, 0.4) is 0 Å². The highest BCUT2D eigenvalue weighted by Gasteiger charge is 2.24. The normalized spacial score (nSPS) is 16.4. The zero-order valence-corrected chi connectivity index (χ0v) is 19.3. The number of fused-ring (bicyclic) bond motifs is 1. The van der Waals surface area contributed by atoms with Crippen LogP contribution in [0, 0.1) is 13.8 Å². The maximum Gasteiger partial charge on any atom is 0.287 e. The van der Waals surface area contributed by atoms with Gasteiger partial charge >= 0.3 is 0 Å². The van der Waals surface area contributed by atoms with Gasteiger partial charge in [-0.2, -0.15) is 0 Å². The minimum atomic E-state index is -0.147. The number of amides is 1. The molecule has 1 amide bonds. The van der Waals surface area contributed by atoms with Crippen LogP contribution in [-0.4, -0.2) is 30.4 Å². The molecule has 158 valence electrons. The van der Waals surface area contributed by atoms with Crippen molar-refractivity contribution in [1.29, 1.82) is 0 Å². The van der Waals surface area contributed by atoms with Gasteiger partial charge in [0.1, 0.15) is 5.58 Å². The molecule has 0 bridgehead atoms. The van der Waals surface area contributed by atoms with Crippen molar-refractivity contribution in [2.24, 2.45) is 0 Å². The maximum atomic E-state index is 13.0. The zero-order valence-electron chi connectivity index (χ0n) is 17.7. The highest BCUT2D eigenvalue weighted by atomic mass is 79.9. The highest BCUT2D eigenvalue weighted by Crippen LogP contribution is 2.28. The molecule has 2 heterocycles. The van der Waals surface area contributed by atoms with Gasteiger partial charge in [-0.15, -0.1) is 0 Å². The number of halogens is 1. The predicted molar refractivity (Wildman–Crippen MR) is 125 cm³/mol. The molecule has 2 aromatic carbocycles. The van der Waals surface area contributed by atoms with Gasteiger partial charge in [-0.05, 0) is 63.5 Å². The van der Waals surface area contributed by atoms with Crippen LogP contribution >= 0.6 is 15.9 Å². The molecular formula is C25H29BrN2O2. The fourth-order valence-corrected chi connectivity index (χ4v) is 4.68. The van der Waals surface area contributed by atoms with E-state index in [-0.39, 0.29) is 11.9 Å². The molecule has 0 spiro atoms. The van der Waals surface area contributed by atoms with Crippen LogP contribution in [0.1, 0.15) is 59.0 Å². The number of nitrogens with zero attached hydrogens (tertiary/aromatic N) is 1. The van der Waals surface area contributed by atoms with Crippen LogP contribution in [0.15, 0.2) is 51.4 Å². The van der Waals surface area contributed by atoms with Crippen molar-refractivity contribution in [3.63, 3.8) is 0 Å². The second-order valence-corrected chi connectivity index (χ2v) is 9.20. The van der Waals surface area contributed by atoms with Gasteiger partial charge in [-0.25, -0.2) is 0 Å². The number of hydrogen-bond donors (Lipinski definition) is 1. The van der Waals surface area contributed by atoms with Crippen LogP contribution < -0.4 is 5.32 Å². The van der Waals surface area contributed by atoms with E-state index in [2.05, 4.69) is 57.3 Å². The van der Waals surface area contributed by atoms with Crippen LogP contribution in [0.25, 0.3) is 11.0 Å². The van der Waals surface area contributed by atoms with Gasteiger partial charge in [0.15, 0.2) is 5.76 Å². The van der Waals surface area contributed by atoms with E-state index in [0.29, 0.717) is 12.3 Å². The van der Waals surface area contributed by atoms with Crippen molar-refractivity contribution in [2.45, 2.75) is 45.6 Å². The topological polar surface area (TPSA) is 45.5 Å². The van der Waals surface area contributed by atoms with E-state index in [9.17, 15) is 4.79 Å². The summed E-state index contributed by atoms with van der Waals surface area (Å²) in [5, 5.41) is 4.14. The Morgan fingerprint density at radius 2 is 1.77 bits per heavy atom. The van der Waals surface area contributed by atoms with Crippen LogP contribution in [0.5, 0.6) is 0 Å². The summed E-state index contributed by atoms with van der Waals surface area (Å²) in [6.45, 7) is 6.77. The van der Waals surface area contributed by atoms with E-state index < -0.39 is 0 Å². The molecule has 1 aromatic heterocycles. The lowest BCUT2D eigenvalue weighted by Gasteiger charge is -2.31. The van der Waals surface area contributed by atoms with Crippen molar-refractivity contribution in [3.8, 4) is 0 Å². The van der Waals surface area contributed by atoms with Gasteiger partial charge in [0, 0.05) is 22.0 Å². The SMILES string of the molecule is Cc1ccc(C(CNC(=O)c2oc3cc(Br)ccc3c2C)N2CCCCCC2)cc1. The van der Waals surface area contributed by atoms with Crippen molar-refractivity contribution in [3.05, 3.63) is 69.4 Å². The summed E-state index contributed by atoms with van der Waals surface area (Å²) in [6, 6.07) is 14.7. The molecule has 1 aliphatic rings. The van der Waals surface area contributed by atoms with E-state index in [0.717, 1.165) is 34.1 Å². The van der Waals surface area contributed by atoms with Crippen molar-refractivity contribution in [2.75, 3.05) is 19.6 Å². The van der Waals surface area contributed by atoms with E-state index >= 15 is 0 Å². The lowest BCUT2D eigenvalue weighted by Crippen LogP contribution is -2.38. The lowest BCUT2D eigenvalue weighted by molar-refractivity contribution is 0.0907. The summed E-state index contributed by atoms with van der Waals surface area (Å²) in [6.07, 6.45) is 5.01. The fourth-order valence-electron chi connectivity index (χ4n) is 4.34. The average molecular weight is 469 g/mol. The van der Waals surface area contributed by atoms with Gasteiger partial charge < -0.3 is 9.73 Å². The Morgan fingerprint density at radius 1 is 1.07 bits per heavy atom. The average Bonchev–Trinajstić information content (AvgIpc) is 2.90. The molecule has 4 rings (SSSR count). The molecule has 4 nitrogen and oxygen atoms in total. The maximum absolute atomic E-state index is 13.0. The van der Waals surface area contributed by atoms with Crippen LogP contribution in [0.2, 0.25) is 0 Å². The Bertz CT molecular complexity index is 1020. The minimum Gasteiger partial charge on any atom is -0.451 e. The van der Waals surface area contributed by atoms with Crippen molar-refractivity contribution < 1.29 is 9.21 Å². The van der Waals surface area contributed by atoms with E-state index in [1.807, 2.05) is 25.1 Å². The first kappa shape index (κ1) is 21.1. The number of benzene rings is 2. The largest absolute Gasteiger partial charge is 0.451 e. The molecule has 0 aliphatic carbocycles. The summed E-state index contributed by atoms with van der Waals surface area (Å²) in [4.78, 5) is 15.6. The summed E-state index contributed by atoms with van der Waals surface area (Å²) in [5.41, 5.74) is 4.13. The molecule has 0 saturated carbocycles. The zero-order chi connectivity index (χ0) is 21.1. The van der Waals surface area contributed by atoms with Crippen molar-refractivity contribution in [1.82, 2.24) is 10.2 Å². The molecule has 30 heavy (non-hydrogen) atoms. The summed E-state index contributed by atoms with van der Waals surface area (Å²) in [7, 11) is 0. The summed E-state index contributed by atoms with van der Waals surface area (Å²) in [5.74, 6) is 0.258. The molecule has 1 N–H and O–H groups in total. The van der Waals surface area contributed by atoms with E-state index in [1.54, 1.807) is 0 Å². The van der Waals surface area contributed by atoms with Crippen molar-refractivity contribution >= 4 is 32.8 Å². The van der Waals surface area contributed by atoms with E-state index in [4.69, 9.17) is 4.42 Å². The third-order valence-corrected chi connectivity index (χ3v) is 6.60. The number of furan rings is 1. The number of carbonyl (C=O) groups excluding carboxylic acids is 1. The Balaban J connectivity index is 1.55. The quantitative estimate of drug-likeness (QED) is 0.487. The lowest BCUT2D eigenvalue weighted by atomic mass is 10.0. The summed E-state index contributed by atoms with van der Waals surface area (Å²) < 4.78 is 6.85. The fraction of sp³-hybridized carbons (Fsp3) is 0.400. The molecule has 1 fully saturated rings. The minimum absolute atomic E-state index is 0.147. The van der Waals surface area contributed by atoms with Gasteiger partial charge in [-0.3, -0.25) is 9.69 Å². The Kier molecular flexibility index (Phi) is 6.59. The molecule has 5 heteroatoms. The third kappa shape index (κ3) is 4.62. The van der Waals surface area contributed by atoms with Crippen LogP contribution in [-0.2, 0) is 0 Å². The molecular weight excluding hydrogens is 440 g/mol. The molecule has 1 saturated heterocycles. The van der Waals surface area contributed by atoms with Gasteiger partial charge in [-0.1, -0.05) is 58.6 Å². The first-order chi connectivity index (χ1) is 14.5. The number of carbonyl (C=O) groups is 1. The predicted octanol–water partition coefficient (Wildman–Crippen LogP) is 6.16. The number of rotatable bonds is 5. The Hall–Kier alpha value is -2.11. The highest BCUT2D eigenvalue weighted by molar-refractivity contribution is 9.10. The molecule has 3 aromatic rings. The van der Waals surface area contributed by atoms with Crippen LogP contribution in [0.4, 0.5) is 0 Å². The van der Waals surface area contributed by atoms with Gasteiger partial charge in [0.2, 0.25) is 0 Å². The van der Waals surface area contributed by atoms with Gasteiger partial charge in [0.25, 0.3) is 5.91 Å². The Labute approximate surface area is 186 Å². The first-order valence-corrected chi connectivity index (χ1v) is 11.6.